The van der Waals surface area contributed by atoms with Gasteiger partial charge in [-0.1, -0.05) is 60.7 Å². The van der Waals surface area contributed by atoms with E-state index in [2.05, 4.69) is 0 Å². The Morgan fingerprint density at radius 3 is 2.33 bits per heavy atom. The van der Waals surface area contributed by atoms with Crippen LogP contribution in [-0.2, 0) is 9.53 Å². The highest BCUT2D eigenvalue weighted by Crippen LogP contribution is 2.35. The minimum absolute atomic E-state index is 0.305. The third-order valence-electron chi connectivity index (χ3n) is 4.71. The Hall–Kier alpha value is -3.40. The molecule has 4 rings (SSSR count). The minimum Gasteiger partial charge on any atom is -0.468 e. The molecule has 0 aliphatic heterocycles. The van der Waals surface area contributed by atoms with E-state index in [0.717, 1.165) is 33.7 Å². The number of ether oxygens (including phenoxy) is 1. The van der Waals surface area contributed by atoms with Crippen molar-refractivity contribution in [1.29, 1.82) is 0 Å². The second-order valence-corrected chi connectivity index (χ2v) is 6.51. The highest BCUT2D eigenvalue weighted by molar-refractivity contribution is 5.85. The van der Waals surface area contributed by atoms with Crippen LogP contribution in [-0.4, -0.2) is 22.5 Å². The van der Waals surface area contributed by atoms with Crippen LogP contribution in [0.25, 0.3) is 16.9 Å². The number of methoxy groups -OCH3 is 1. The van der Waals surface area contributed by atoms with Crippen LogP contribution in [0, 0.1) is 6.92 Å². The van der Waals surface area contributed by atoms with Gasteiger partial charge in [0, 0.05) is 11.8 Å². The number of rotatable bonds is 4. The third kappa shape index (κ3) is 3.10. The van der Waals surface area contributed by atoms with Crippen LogP contribution in [0.4, 0.5) is 0 Å². The van der Waals surface area contributed by atoms with Gasteiger partial charge in [-0.2, -0.15) is 0 Å². The van der Waals surface area contributed by atoms with Gasteiger partial charge in [-0.3, -0.25) is 4.79 Å². The fourth-order valence-electron chi connectivity index (χ4n) is 3.42. The van der Waals surface area contributed by atoms with E-state index in [4.69, 9.17) is 9.72 Å². The molecular weight excluding hydrogens is 336 g/mol. The quantitative estimate of drug-likeness (QED) is 0.501. The molecule has 0 amide bonds. The number of benzene rings is 2. The van der Waals surface area contributed by atoms with Gasteiger partial charge in [0.15, 0.2) is 0 Å². The van der Waals surface area contributed by atoms with Crippen molar-refractivity contribution in [2.75, 3.05) is 7.11 Å². The first-order valence-electron chi connectivity index (χ1n) is 8.86. The van der Waals surface area contributed by atoms with Gasteiger partial charge in [0.05, 0.1) is 18.5 Å². The topological polar surface area (TPSA) is 43.6 Å². The number of imidazole rings is 1. The molecule has 2 aromatic heterocycles. The molecule has 134 valence electrons. The zero-order chi connectivity index (χ0) is 18.8. The first kappa shape index (κ1) is 17.0. The monoisotopic (exact) mass is 356 g/mol. The summed E-state index contributed by atoms with van der Waals surface area (Å²) in [5, 5.41) is 0. The number of carbonyl (C=O) groups excluding carboxylic acids is 1. The van der Waals surface area contributed by atoms with Crippen LogP contribution in [0.5, 0.6) is 0 Å². The predicted octanol–water partition coefficient (Wildman–Crippen LogP) is 4.61. The summed E-state index contributed by atoms with van der Waals surface area (Å²) in [5.74, 6) is -0.870. The molecule has 0 saturated carbocycles. The van der Waals surface area contributed by atoms with Gasteiger partial charge < -0.3 is 9.14 Å². The Kier molecular flexibility index (Phi) is 4.47. The molecule has 0 aliphatic carbocycles. The number of hydrogen-bond acceptors (Lipinski definition) is 3. The van der Waals surface area contributed by atoms with Gasteiger partial charge in [0.2, 0.25) is 0 Å². The summed E-state index contributed by atoms with van der Waals surface area (Å²) >= 11 is 0. The SMILES string of the molecule is COC(=O)C(c1ccccc1)c1c(-c2ccccc2)nc2cc(C)ccn12. The van der Waals surface area contributed by atoms with Crippen LogP contribution >= 0.6 is 0 Å². The number of aryl methyl sites for hydroxylation is 1. The van der Waals surface area contributed by atoms with E-state index in [9.17, 15) is 4.79 Å². The smallest absolute Gasteiger partial charge is 0.319 e. The standard InChI is InChI=1S/C23H20N2O2/c1-16-13-14-25-19(15-16)24-21(18-11-7-4-8-12-18)22(25)20(23(26)27-2)17-9-5-3-6-10-17/h3-15,20H,1-2H3. The molecule has 0 bridgehead atoms. The number of carbonyl (C=O) groups is 1. The normalized spacial score (nSPS) is 12.1. The number of fused-ring (bicyclic) bond motifs is 1. The van der Waals surface area contributed by atoms with E-state index in [1.54, 1.807) is 0 Å². The highest BCUT2D eigenvalue weighted by atomic mass is 16.5. The van der Waals surface area contributed by atoms with E-state index in [-0.39, 0.29) is 5.97 Å². The molecule has 4 heteroatoms. The molecule has 0 spiro atoms. The summed E-state index contributed by atoms with van der Waals surface area (Å²) in [4.78, 5) is 17.7. The first-order valence-corrected chi connectivity index (χ1v) is 8.86. The average Bonchev–Trinajstić information content (AvgIpc) is 3.08. The van der Waals surface area contributed by atoms with E-state index in [0.29, 0.717) is 0 Å². The molecule has 2 heterocycles. The summed E-state index contributed by atoms with van der Waals surface area (Å²) < 4.78 is 7.16. The number of esters is 1. The Balaban J connectivity index is 2.04. The molecule has 27 heavy (non-hydrogen) atoms. The largest absolute Gasteiger partial charge is 0.468 e. The van der Waals surface area contributed by atoms with Gasteiger partial charge in [-0.05, 0) is 30.2 Å². The van der Waals surface area contributed by atoms with Crippen molar-refractivity contribution in [1.82, 2.24) is 9.38 Å². The fourth-order valence-corrected chi connectivity index (χ4v) is 3.42. The van der Waals surface area contributed by atoms with E-state index in [1.807, 2.05) is 90.3 Å². The van der Waals surface area contributed by atoms with Crippen molar-refractivity contribution in [2.24, 2.45) is 0 Å². The fraction of sp³-hybridized carbons (Fsp3) is 0.130. The average molecular weight is 356 g/mol. The molecule has 0 aliphatic rings. The molecule has 2 aromatic carbocycles. The Bertz CT molecular complexity index is 1090. The molecule has 0 radical (unpaired) electrons. The van der Waals surface area contributed by atoms with Crippen LogP contribution in [0.15, 0.2) is 79.0 Å². The molecular formula is C23H20N2O2. The molecule has 0 fully saturated rings. The maximum Gasteiger partial charge on any atom is 0.319 e. The number of hydrogen-bond donors (Lipinski definition) is 0. The van der Waals surface area contributed by atoms with Crippen molar-refractivity contribution >= 4 is 11.6 Å². The van der Waals surface area contributed by atoms with E-state index < -0.39 is 5.92 Å². The van der Waals surface area contributed by atoms with Crippen LogP contribution in [0.1, 0.15) is 22.7 Å². The summed E-state index contributed by atoms with van der Waals surface area (Å²) in [6, 6.07) is 23.7. The Morgan fingerprint density at radius 1 is 1.00 bits per heavy atom. The molecule has 4 aromatic rings. The van der Waals surface area contributed by atoms with Gasteiger partial charge >= 0.3 is 5.97 Å². The number of pyridine rings is 1. The summed E-state index contributed by atoms with van der Waals surface area (Å²) in [7, 11) is 1.42. The number of nitrogens with zero attached hydrogens (tertiary/aromatic N) is 2. The van der Waals surface area contributed by atoms with Crippen LogP contribution in [0.2, 0.25) is 0 Å². The lowest BCUT2D eigenvalue weighted by molar-refractivity contribution is -0.141. The number of aromatic nitrogens is 2. The van der Waals surface area contributed by atoms with Crippen molar-refractivity contribution in [2.45, 2.75) is 12.8 Å². The van der Waals surface area contributed by atoms with Crippen molar-refractivity contribution in [3.8, 4) is 11.3 Å². The van der Waals surface area contributed by atoms with Gasteiger partial charge in [-0.15, -0.1) is 0 Å². The molecule has 1 unspecified atom stereocenters. The van der Waals surface area contributed by atoms with E-state index >= 15 is 0 Å². The maximum absolute atomic E-state index is 12.8. The lowest BCUT2D eigenvalue weighted by Gasteiger charge is -2.17. The Labute approximate surface area is 158 Å². The molecule has 0 saturated heterocycles. The second kappa shape index (κ2) is 7.08. The summed E-state index contributed by atoms with van der Waals surface area (Å²) in [5.41, 5.74) is 5.39. The lowest BCUT2D eigenvalue weighted by Crippen LogP contribution is -2.18. The minimum atomic E-state index is -0.566. The van der Waals surface area contributed by atoms with Crippen molar-refractivity contribution in [3.63, 3.8) is 0 Å². The molecule has 4 nitrogen and oxygen atoms in total. The van der Waals surface area contributed by atoms with Crippen LogP contribution in [0.3, 0.4) is 0 Å². The summed E-state index contributed by atoms with van der Waals surface area (Å²) in [6.07, 6.45) is 1.97. The maximum atomic E-state index is 12.8. The zero-order valence-corrected chi connectivity index (χ0v) is 15.3. The van der Waals surface area contributed by atoms with Crippen molar-refractivity contribution < 1.29 is 9.53 Å². The zero-order valence-electron chi connectivity index (χ0n) is 15.3. The first-order chi connectivity index (χ1) is 13.2. The predicted molar refractivity (Wildman–Crippen MR) is 106 cm³/mol. The lowest BCUT2D eigenvalue weighted by atomic mass is 9.92. The van der Waals surface area contributed by atoms with E-state index in [1.165, 1.54) is 7.11 Å². The van der Waals surface area contributed by atoms with Gasteiger partial charge in [0.1, 0.15) is 11.6 Å². The molecule has 0 N–H and O–H groups in total. The molecule has 1 atom stereocenters. The second-order valence-electron chi connectivity index (χ2n) is 6.51. The van der Waals surface area contributed by atoms with Crippen molar-refractivity contribution in [3.05, 3.63) is 95.8 Å². The third-order valence-corrected chi connectivity index (χ3v) is 4.71. The Morgan fingerprint density at radius 2 is 1.67 bits per heavy atom. The highest BCUT2D eigenvalue weighted by Gasteiger charge is 2.30. The van der Waals surface area contributed by atoms with Crippen LogP contribution < -0.4 is 0 Å². The van der Waals surface area contributed by atoms with Gasteiger partial charge in [-0.25, -0.2) is 4.98 Å². The summed E-state index contributed by atoms with van der Waals surface area (Å²) in [6.45, 7) is 2.03. The van der Waals surface area contributed by atoms with Gasteiger partial charge in [0.25, 0.3) is 0 Å².